The van der Waals surface area contributed by atoms with E-state index in [0.717, 1.165) is 15.8 Å². The molecule has 146 valence electrons. The second-order valence-electron chi connectivity index (χ2n) is 6.63. The number of hydrogen-bond acceptors (Lipinski definition) is 4. The number of thiazole rings is 1. The van der Waals surface area contributed by atoms with E-state index < -0.39 is 0 Å². The number of fused-ring (bicyclic) bond motifs is 1. The van der Waals surface area contributed by atoms with E-state index >= 15 is 0 Å². The standard InChI is InChI=1S/C22H24N2O3S/c1-5-24-18-10-9-17(21(26)27-6-2)13-19(18)28-22(24)23-20(25)12-16-8-7-14(3)15(4)11-16/h7-11,13H,5-6,12H2,1-4H3. The van der Waals surface area contributed by atoms with Gasteiger partial charge in [0.2, 0.25) is 0 Å². The lowest BCUT2D eigenvalue weighted by Gasteiger charge is -2.04. The van der Waals surface area contributed by atoms with Crippen LogP contribution in [-0.2, 0) is 22.5 Å². The van der Waals surface area contributed by atoms with Crippen molar-refractivity contribution in [3.63, 3.8) is 0 Å². The van der Waals surface area contributed by atoms with E-state index in [2.05, 4.69) is 11.9 Å². The Kier molecular flexibility index (Phi) is 6.09. The molecule has 0 spiro atoms. The number of aryl methyl sites for hydroxylation is 3. The molecule has 28 heavy (non-hydrogen) atoms. The molecule has 6 heteroatoms. The highest BCUT2D eigenvalue weighted by molar-refractivity contribution is 7.16. The van der Waals surface area contributed by atoms with Crippen molar-refractivity contribution in [3.05, 3.63) is 63.5 Å². The first-order chi connectivity index (χ1) is 13.4. The molecule has 0 atom stereocenters. The van der Waals surface area contributed by atoms with Gasteiger partial charge in [0.25, 0.3) is 5.91 Å². The summed E-state index contributed by atoms with van der Waals surface area (Å²) in [5.41, 5.74) is 4.80. The predicted molar refractivity (Wildman–Crippen MR) is 112 cm³/mol. The van der Waals surface area contributed by atoms with Gasteiger partial charge in [0.1, 0.15) is 0 Å². The molecule has 1 amide bonds. The lowest BCUT2D eigenvalue weighted by molar-refractivity contribution is -0.117. The zero-order valence-corrected chi connectivity index (χ0v) is 17.4. The number of nitrogens with zero attached hydrogens (tertiary/aromatic N) is 2. The van der Waals surface area contributed by atoms with Gasteiger partial charge in [-0.05, 0) is 62.6 Å². The van der Waals surface area contributed by atoms with E-state index in [4.69, 9.17) is 4.74 Å². The van der Waals surface area contributed by atoms with E-state index in [1.807, 2.05) is 42.7 Å². The van der Waals surface area contributed by atoms with Crippen molar-refractivity contribution in [1.29, 1.82) is 0 Å². The van der Waals surface area contributed by atoms with Crippen molar-refractivity contribution in [3.8, 4) is 0 Å². The Bertz CT molecular complexity index is 1110. The van der Waals surface area contributed by atoms with Crippen LogP contribution in [0.1, 0.15) is 40.9 Å². The second-order valence-corrected chi connectivity index (χ2v) is 7.64. The monoisotopic (exact) mass is 396 g/mol. The third kappa shape index (κ3) is 4.22. The third-order valence-corrected chi connectivity index (χ3v) is 5.70. The summed E-state index contributed by atoms with van der Waals surface area (Å²) in [6.45, 7) is 8.91. The van der Waals surface area contributed by atoms with Crippen molar-refractivity contribution in [2.24, 2.45) is 4.99 Å². The molecule has 0 bridgehead atoms. The maximum absolute atomic E-state index is 12.5. The topological polar surface area (TPSA) is 60.7 Å². The number of rotatable bonds is 5. The van der Waals surface area contributed by atoms with Gasteiger partial charge in [-0.2, -0.15) is 4.99 Å². The average Bonchev–Trinajstić information content (AvgIpc) is 3.00. The number of amides is 1. The minimum atomic E-state index is -0.342. The van der Waals surface area contributed by atoms with Crippen LogP contribution in [0.4, 0.5) is 0 Å². The number of carbonyl (C=O) groups is 2. The second kappa shape index (κ2) is 8.52. The zero-order chi connectivity index (χ0) is 20.3. The highest BCUT2D eigenvalue weighted by Crippen LogP contribution is 2.20. The Morgan fingerprint density at radius 1 is 1.07 bits per heavy atom. The van der Waals surface area contributed by atoms with Crippen molar-refractivity contribution < 1.29 is 14.3 Å². The molecule has 5 nitrogen and oxygen atoms in total. The van der Waals surface area contributed by atoms with Crippen molar-refractivity contribution in [2.45, 2.75) is 40.7 Å². The van der Waals surface area contributed by atoms with Crippen LogP contribution in [0.5, 0.6) is 0 Å². The van der Waals surface area contributed by atoms with E-state index in [1.54, 1.807) is 19.1 Å². The van der Waals surface area contributed by atoms with Crippen LogP contribution in [0.15, 0.2) is 41.4 Å². The number of ether oxygens (including phenoxy) is 1. The molecule has 0 fully saturated rings. The van der Waals surface area contributed by atoms with Crippen LogP contribution in [-0.4, -0.2) is 23.1 Å². The summed E-state index contributed by atoms with van der Waals surface area (Å²) < 4.78 is 7.97. The summed E-state index contributed by atoms with van der Waals surface area (Å²) in [5.74, 6) is -0.521. The van der Waals surface area contributed by atoms with Gasteiger partial charge >= 0.3 is 5.97 Å². The molecule has 0 saturated heterocycles. The molecule has 0 unspecified atom stereocenters. The van der Waals surface area contributed by atoms with Crippen LogP contribution < -0.4 is 4.80 Å². The molecule has 1 heterocycles. The van der Waals surface area contributed by atoms with Crippen LogP contribution >= 0.6 is 11.3 Å². The van der Waals surface area contributed by atoms with Gasteiger partial charge in [-0.1, -0.05) is 29.5 Å². The fourth-order valence-electron chi connectivity index (χ4n) is 3.04. The molecule has 0 saturated carbocycles. The first-order valence-electron chi connectivity index (χ1n) is 9.37. The highest BCUT2D eigenvalue weighted by atomic mass is 32.1. The Morgan fingerprint density at radius 3 is 2.54 bits per heavy atom. The predicted octanol–water partition coefficient (Wildman–Crippen LogP) is 4.19. The van der Waals surface area contributed by atoms with Gasteiger partial charge in [-0.15, -0.1) is 0 Å². The summed E-state index contributed by atoms with van der Waals surface area (Å²) >= 11 is 1.41. The molecule has 2 aromatic carbocycles. The van der Waals surface area contributed by atoms with Gasteiger partial charge in [-0.3, -0.25) is 4.79 Å². The number of esters is 1. The maximum atomic E-state index is 12.5. The van der Waals surface area contributed by atoms with Gasteiger partial charge in [0, 0.05) is 6.54 Å². The molecule has 0 radical (unpaired) electrons. The lowest BCUT2D eigenvalue weighted by atomic mass is 10.0. The lowest BCUT2D eigenvalue weighted by Crippen LogP contribution is -2.16. The Morgan fingerprint density at radius 2 is 1.86 bits per heavy atom. The van der Waals surface area contributed by atoms with Gasteiger partial charge in [-0.25, -0.2) is 4.79 Å². The summed E-state index contributed by atoms with van der Waals surface area (Å²) in [5, 5.41) is 0. The zero-order valence-electron chi connectivity index (χ0n) is 16.6. The largest absolute Gasteiger partial charge is 0.462 e. The van der Waals surface area contributed by atoms with Gasteiger partial charge in [0.15, 0.2) is 4.80 Å². The Labute approximate surface area is 168 Å². The molecule has 3 rings (SSSR count). The quantitative estimate of drug-likeness (QED) is 0.608. The van der Waals surface area contributed by atoms with E-state index in [9.17, 15) is 9.59 Å². The van der Waals surface area contributed by atoms with E-state index in [1.165, 1.54) is 22.5 Å². The van der Waals surface area contributed by atoms with Crippen molar-refractivity contribution >= 4 is 33.4 Å². The van der Waals surface area contributed by atoms with Crippen LogP contribution in [0.25, 0.3) is 10.2 Å². The number of hydrogen-bond donors (Lipinski definition) is 0. The van der Waals surface area contributed by atoms with E-state index in [-0.39, 0.29) is 18.3 Å². The minimum Gasteiger partial charge on any atom is -0.462 e. The average molecular weight is 397 g/mol. The molecule has 3 aromatic rings. The normalized spacial score (nSPS) is 11.8. The highest BCUT2D eigenvalue weighted by Gasteiger charge is 2.12. The Balaban J connectivity index is 1.95. The fourth-order valence-corrected chi connectivity index (χ4v) is 4.19. The Hall–Kier alpha value is -2.73. The third-order valence-electron chi connectivity index (χ3n) is 4.66. The van der Waals surface area contributed by atoms with Gasteiger partial charge < -0.3 is 9.30 Å². The molecule has 0 aliphatic heterocycles. The fraction of sp³-hybridized carbons (Fsp3) is 0.318. The van der Waals surface area contributed by atoms with Crippen molar-refractivity contribution in [2.75, 3.05) is 6.61 Å². The first kappa shape index (κ1) is 20.0. The van der Waals surface area contributed by atoms with Crippen LogP contribution in [0.3, 0.4) is 0 Å². The molecular formula is C22H24N2O3S. The molecule has 1 aromatic heterocycles. The smallest absolute Gasteiger partial charge is 0.338 e. The minimum absolute atomic E-state index is 0.178. The number of aromatic nitrogens is 1. The van der Waals surface area contributed by atoms with Crippen LogP contribution in [0.2, 0.25) is 0 Å². The maximum Gasteiger partial charge on any atom is 0.338 e. The van der Waals surface area contributed by atoms with Crippen molar-refractivity contribution in [1.82, 2.24) is 4.57 Å². The van der Waals surface area contributed by atoms with Gasteiger partial charge in [0.05, 0.1) is 28.8 Å². The SMILES string of the molecule is CCOC(=O)c1ccc2c(c1)sc(=NC(=O)Cc1ccc(C)c(C)c1)n2CC. The summed E-state index contributed by atoms with van der Waals surface area (Å²) in [7, 11) is 0. The number of carbonyl (C=O) groups excluding carboxylic acids is 2. The summed E-state index contributed by atoms with van der Waals surface area (Å²) in [6, 6.07) is 11.5. The number of benzene rings is 2. The van der Waals surface area contributed by atoms with E-state index in [0.29, 0.717) is 23.5 Å². The molecule has 0 aliphatic rings. The summed E-state index contributed by atoms with van der Waals surface area (Å²) in [4.78, 5) is 29.5. The first-order valence-corrected chi connectivity index (χ1v) is 10.2. The van der Waals surface area contributed by atoms with Crippen LogP contribution in [0, 0.1) is 13.8 Å². The molecular weight excluding hydrogens is 372 g/mol. The molecule has 0 N–H and O–H groups in total. The molecule has 0 aliphatic carbocycles. The summed E-state index contributed by atoms with van der Waals surface area (Å²) in [6.07, 6.45) is 0.271.